The highest BCUT2D eigenvalue weighted by atomic mass is 19.4. The number of benzene rings is 1. The van der Waals surface area contributed by atoms with Crippen LogP contribution >= 0.6 is 0 Å². The summed E-state index contributed by atoms with van der Waals surface area (Å²) in [7, 11) is 0. The number of rotatable bonds is 1. The van der Waals surface area contributed by atoms with Crippen LogP contribution in [0.25, 0.3) is 5.73 Å². The summed E-state index contributed by atoms with van der Waals surface area (Å²) in [5.74, 6) is 0. The van der Waals surface area contributed by atoms with Crippen LogP contribution in [0.15, 0.2) is 24.3 Å². The van der Waals surface area contributed by atoms with Crippen LogP contribution in [-0.4, -0.2) is 6.18 Å². The first-order valence-electron chi connectivity index (χ1n) is 3.35. The molecule has 0 saturated carbocycles. The Kier molecular flexibility index (Phi) is 2.26. The summed E-state index contributed by atoms with van der Waals surface area (Å²) in [6, 6.07) is 5.47. The molecule has 0 aliphatic carbocycles. The average Bonchev–Trinajstić information content (AvgIpc) is 1.82. The molecular formula is C8H7F3N-. The largest absolute Gasteiger partial charge is 0.699 e. The highest BCUT2D eigenvalue weighted by Gasteiger charge is 2.27. The van der Waals surface area contributed by atoms with Crippen LogP contribution < -0.4 is 0 Å². The average molecular weight is 174 g/mol. The summed E-state index contributed by atoms with van der Waals surface area (Å²) in [6.07, 6.45) is -5.15. The van der Waals surface area contributed by atoms with E-state index < -0.39 is 12.6 Å². The minimum absolute atomic E-state index is 0.108. The van der Waals surface area contributed by atoms with Gasteiger partial charge in [0.2, 0.25) is 0 Å². The van der Waals surface area contributed by atoms with E-state index in [2.05, 4.69) is 0 Å². The molecule has 0 heterocycles. The molecule has 1 aromatic rings. The Labute approximate surface area is 68.0 Å². The van der Waals surface area contributed by atoms with E-state index in [1.807, 2.05) is 0 Å². The monoisotopic (exact) mass is 174 g/mol. The molecular weight excluding hydrogens is 167 g/mol. The second-order valence-electron chi connectivity index (χ2n) is 2.49. The first-order chi connectivity index (χ1) is 5.47. The SMILES string of the molecule is [NH-]c1cccc(CC(F)(F)F)c1. The standard InChI is InChI=1S/C8H7F3N/c9-8(10,11)5-6-2-1-3-7(12)4-6/h1-4,12H,5H2/q-1. The zero-order chi connectivity index (χ0) is 9.19. The lowest BCUT2D eigenvalue weighted by atomic mass is 10.1. The zero-order valence-corrected chi connectivity index (χ0v) is 6.15. The van der Waals surface area contributed by atoms with Crippen LogP contribution in [0, 0.1) is 0 Å². The van der Waals surface area contributed by atoms with Gasteiger partial charge >= 0.3 is 6.18 Å². The molecule has 0 aromatic heterocycles. The topological polar surface area (TPSA) is 23.8 Å². The second kappa shape index (κ2) is 3.05. The predicted octanol–water partition coefficient (Wildman–Crippen LogP) is 3.48. The Bertz CT molecular complexity index is 267. The summed E-state index contributed by atoms with van der Waals surface area (Å²) >= 11 is 0. The van der Waals surface area contributed by atoms with Crippen LogP contribution in [0.1, 0.15) is 5.56 Å². The molecule has 0 aliphatic rings. The van der Waals surface area contributed by atoms with Crippen molar-refractivity contribution in [2.45, 2.75) is 12.6 Å². The van der Waals surface area contributed by atoms with Crippen molar-refractivity contribution in [3.8, 4) is 0 Å². The van der Waals surface area contributed by atoms with Gasteiger partial charge < -0.3 is 5.73 Å². The molecule has 0 aliphatic heterocycles. The molecule has 0 amide bonds. The van der Waals surface area contributed by atoms with Crippen molar-refractivity contribution in [2.24, 2.45) is 0 Å². The highest BCUT2D eigenvalue weighted by molar-refractivity contribution is 5.44. The van der Waals surface area contributed by atoms with E-state index in [4.69, 9.17) is 5.73 Å². The third kappa shape index (κ3) is 2.82. The second-order valence-corrected chi connectivity index (χ2v) is 2.49. The van der Waals surface area contributed by atoms with Gasteiger partial charge in [0.15, 0.2) is 0 Å². The van der Waals surface area contributed by atoms with Gasteiger partial charge in [0, 0.05) is 0 Å². The predicted molar refractivity (Wildman–Crippen MR) is 40.2 cm³/mol. The van der Waals surface area contributed by atoms with E-state index in [0.29, 0.717) is 0 Å². The molecule has 1 aromatic carbocycles. The van der Waals surface area contributed by atoms with E-state index in [1.54, 1.807) is 0 Å². The lowest BCUT2D eigenvalue weighted by Gasteiger charge is -2.08. The fourth-order valence-electron chi connectivity index (χ4n) is 0.913. The van der Waals surface area contributed by atoms with Crippen LogP contribution in [0.2, 0.25) is 0 Å². The molecule has 0 bridgehead atoms. The van der Waals surface area contributed by atoms with Crippen molar-refractivity contribution in [3.05, 3.63) is 35.6 Å². The van der Waals surface area contributed by atoms with Crippen LogP contribution in [0.4, 0.5) is 18.9 Å². The molecule has 0 saturated heterocycles. The van der Waals surface area contributed by atoms with Crippen LogP contribution in [-0.2, 0) is 6.42 Å². The van der Waals surface area contributed by atoms with Gasteiger partial charge in [-0.3, -0.25) is 0 Å². The maximum atomic E-state index is 11.8. The van der Waals surface area contributed by atoms with Crippen molar-refractivity contribution in [3.63, 3.8) is 0 Å². The Morgan fingerprint density at radius 1 is 1.25 bits per heavy atom. The molecule has 0 unspecified atom stereocenters. The molecule has 0 fully saturated rings. The highest BCUT2D eigenvalue weighted by Crippen LogP contribution is 2.23. The van der Waals surface area contributed by atoms with Gasteiger partial charge in [-0.1, -0.05) is 24.3 Å². The molecule has 12 heavy (non-hydrogen) atoms. The lowest BCUT2D eigenvalue weighted by Crippen LogP contribution is -2.11. The molecule has 1 rings (SSSR count). The van der Waals surface area contributed by atoms with Crippen molar-refractivity contribution in [1.82, 2.24) is 0 Å². The van der Waals surface area contributed by atoms with Gasteiger partial charge in [-0.25, -0.2) is 0 Å². The molecule has 4 heteroatoms. The Balaban J connectivity index is 2.77. The van der Waals surface area contributed by atoms with Crippen LogP contribution in [0.3, 0.4) is 0 Å². The first kappa shape index (κ1) is 8.90. The summed E-state index contributed by atoms with van der Waals surface area (Å²) in [4.78, 5) is 0. The Hall–Kier alpha value is -1.19. The van der Waals surface area contributed by atoms with Crippen molar-refractivity contribution in [2.75, 3.05) is 0 Å². The molecule has 0 spiro atoms. The minimum atomic E-state index is -4.19. The van der Waals surface area contributed by atoms with Gasteiger partial charge in [-0.05, 0) is 5.56 Å². The fraction of sp³-hybridized carbons (Fsp3) is 0.250. The maximum absolute atomic E-state index is 11.8. The van der Waals surface area contributed by atoms with Gasteiger partial charge in [-0.2, -0.15) is 13.2 Å². The third-order valence-corrected chi connectivity index (χ3v) is 1.33. The van der Waals surface area contributed by atoms with E-state index in [0.717, 1.165) is 0 Å². The summed E-state index contributed by atoms with van der Waals surface area (Å²) < 4.78 is 35.4. The number of halogens is 3. The molecule has 1 nitrogen and oxygen atoms in total. The quantitative estimate of drug-likeness (QED) is 0.622. The molecule has 0 atom stereocenters. The van der Waals surface area contributed by atoms with Gasteiger partial charge in [0.05, 0.1) is 6.42 Å². The summed E-state index contributed by atoms with van der Waals surface area (Å²) in [5, 5.41) is 0. The molecule has 1 N–H and O–H groups in total. The zero-order valence-electron chi connectivity index (χ0n) is 6.15. The molecule has 0 radical (unpaired) electrons. The smallest absolute Gasteiger partial charge is 0.393 e. The number of hydrogen-bond acceptors (Lipinski definition) is 0. The number of hydrogen-bond donors (Lipinski definition) is 0. The summed E-state index contributed by atoms with van der Waals surface area (Å²) in [6.45, 7) is 0. The fourth-order valence-corrected chi connectivity index (χ4v) is 0.913. The first-order valence-corrected chi connectivity index (χ1v) is 3.35. The van der Waals surface area contributed by atoms with Gasteiger partial charge in [0.25, 0.3) is 0 Å². The number of alkyl halides is 3. The minimum Gasteiger partial charge on any atom is -0.699 e. The van der Waals surface area contributed by atoms with Crippen molar-refractivity contribution >= 4 is 5.69 Å². The Morgan fingerprint density at radius 2 is 1.92 bits per heavy atom. The Morgan fingerprint density at radius 3 is 2.42 bits per heavy atom. The van der Waals surface area contributed by atoms with Gasteiger partial charge in [-0.15, -0.1) is 5.69 Å². The normalized spacial score (nSPS) is 11.6. The lowest BCUT2D eigenvalue weighted by molar-refractivity contribution is -0.127. The van der Waals surface area contributed by atoms with E-state index in [-0.39, 0.29) is 11.3 Å². The maximum Gasteiger partial charge on any atom is 0.393 e. The molecule has 66 valence electrons. The number of nitrogens with one attached hydrogen (secondary N) is 1. The van der Waals surface area contributed by atoms with Crippen molar-refractivity contribution in [1.29, 1.82) is 0 Å². The summed E-state index contributed by atoms with van der Waals surface area (Å²) in [5.41, 5.74) is 7.32. The van der Waals surface area contributed by atoms with Crippen molar-refractivity contribution < 1.29 is 13.2 Å². The van der Waals surface area contributed by atoms with E-state index >= 15 is 0 Å². The van der Waals surface area contributed by atoms with Gasteiger partial charge in [0.1, 0.15) is 0 Å². The van der Waals surface area contributed by atoms with E-state index in [1.165, 1.54) is 24.3 Å². The van der Waals surface area contributed by atoms with E-state index in [9.17, 15) is 13.2 Å². The van der Waals surface area contributed by atoms with Crippen LogP contribution in [0.5, 0.6) is 0 Å². The third-order valence-electron chi connectivity index (χ3n) is 1.33.